The standard InChI is InChI=1S/C22H22N4O5S/c1-30-13-7-8-16(31-2)14(9-13)15(27)10-32-21-17-19(23-18(24-21)11-3-4-11)26(12-5-6-12)22(29)25-20(17)28/h7-9,11-12H,3-6,10H2,1-2H3,(H,25,28,29). The van der Waals surface area contributed by atoms with Gasteiger partial charge in [0, 0.05) is 12.0 Å². The zero-order chi connectivity index (χ0) is 22.4. The third-order valence-electron chi connectivity index (χ3n) is 5.67. The summed E-state index contributed by atoms with van der Waals surface area (Å²) >= 11 is 1.17. The number of thioether (sulfide) groups is 1. The third kappa shape index (κ3) is 3.79. The van der Waals surface area contributed by atoms with E-state index < -0.39 is 11.2 Å². The maximum absolute atomic E-state index is 13.0. The van der Waals surface area contributed by atoms with Gasteiger partial charge in [-0.3, -0.25) is 19.1 Å². The van der Waals surface area contributed by atoms with E-state index in [0.717, 1.165) is 25.7 Å². The number of carbonyl (C=O) groups excluding carboxylic acids is 1. The number of aromatic nitrogens is 4. The van der Waals surface area contributed by atoms with Gasteiger partial charge in [0.1, 0.15) is 27.7 Å². The number of hydrogen-bond acceptors (Lipinski definition) is 8. The monoisotopic (exact) mass is 454 g/mol. The van der Waals surface area contributed by atoms with Crippen LogP contribution in [0.5, 0.6) is 11.5 Å². The van der Waals surface area contributed by atoms with Crippen LogP contribution in [0, 0.1) is 0 Å². The highest BCUT2D eigenvalue weighted by Crippen LogP contribution is 2.41. The highest BCUT2D eigenvalue weighted by molar-refractivity contribution is 8.00. The Hall–Kier alpha value is -3.14. The van der Waals surface area contributed by atoms with Gasteiger partial charge in [-0.15, -0.1) is 0 Å². The van der Waals surface area contributed by atoms with Crippen LogP contribution >= 0.6 is 11.8 Å². The molecule has 10 heteroatoms. The molecule has 5 rings (SSSR count). The van der Waals surface area contributed by atoms with E-state index in [-0.39, 0.29) is 28.9 Å². The number of nitrogens with one attached hydrogen (secondary N) is 1. The van der Waals surface area contributed by atoms with Crippen LogP contribution in [0.15, 0.2) is 32.8 Å². The summed E-state index contributed by atoms with van der Waals surface area (Å²) in [7, 11) is 3.03. The Morgan fingerprint density at radius 2 is 1.94 bits per heavy atom. The molecule has 0 spiro atoms. The molecule has 1 N–H and O–H groups in total. The SMILES string of the molecule is COc1ccc(OC)c(C(=O)CSc2nc(C3CC3)nc3c2c(=O)[nH]c(=O)n3C2CC2)c1. The first-order valence-electron chi connectivity index (χ1n) is 10.4. The van der Waals surface area contributed by atoms with Crippen molar-refractivity contribution in [2.45, 2.75) is 42.7 Å². The second-order valence-corrected chi connectivity index (χ2v) is 8.96. The van der Waals surface area contributed by atoms with Gasteiger partial charge in [-0.25, -0.2) is 14.8 Å². The first-order chi connectivity index (χ1) is 15.5. The molecule has 9 nitrogen and oxygen atoms in total. The summed E-state index contributed by atoms with van der Waals surface area (Å²) < 4.78 is 12.1. The lowest BCUT2D eigenvalue weighted by atomic mass is 10.1. The Morgan fingerprint density at radius 3 is 2.59 bits per heavy atom. The summed E-state index contributed by atoms with van der Waals surface area (Å²) in [5.41, 5.74) is -0.215. The molecule has 0 aliphatic heterocycles. The van der Waals surface area contributed by atoms with E-state index in [1.807, 2.05) is 0 Å². The number of ether oxygens (including phenoxy) is 2. The maximum Gasteiger partial charge on any atom is 0.330 e. The van der Waals surface area contributed by atoms with Crippen LogP contribution in [0.4, 0.5) is 0 Å². The lowest BCUT2D eigenvalue weighted by Crippen LogP contribution is -2.31. The number of nitrogens with zero attached hydrogens (tertiary/aromatic N) is 3. The van der Waals surface area contributed by atoms with E-state index >= 15 is 0 Å². The second-order valence-electron chi connectivity index (χ2n) is 8.00. The Bertz CT molecular complexity index is 1340. The van der Waals surface area contributed by atoms with Gasteiger partial charge in [-0.05, 0) is 43.9 Å². The van der Waals surface area contributed by atoms with Gasteiger partial charge in [0.25, 0.3) is 5.56 Å². The van der Waals surface area contributed by atoms with Gasteiger partial charge in [-0.2, -0.15) is 0 Å². The minimum Gasteiger partial charge on any atom is -0.497 e. The van der Waals surface area contributed by atoms with Crippen LogP contribution in [0.25, 0.3) is 11.0 Å². The largest absolute Gasteiger partial charge is 0.497 e. The number of ketones is 1. The third-order valence-corrected chi connectivity index (χ3v) is 6.65. The average molecular weight is 455 g/mol. The predicted molar refractivity (Wildman–Crippen MR) is 119 cm³/mol. The average Bonchev–Trinajstić information content (AvgIpc) is 3.69. The van der Waals surface area contributed by atoms with E-state index in [2.05, 4.69) is 15.0 Å². The Labute approximate surface area is 187 Å². The van der Waals surface area contributed by atoms with Crippen molar-refractivity contribution in [3.63, 3.8) is 0 Å². The zero-order valence-corrected chi connectivity index (χ0v) is 18.5. The normalized spacial score (nSPS) is 15.7. The van der Waals surface area contributed by atoms with Gasteiger partial charge in [0.2, 0.25) is 0 Å². The fraction of sp³-hybridized carbons (Fsp3) is 0.409. The van der Waals surface area contributed by atoms with Crippen molar-refractivity contribution in [3.8, 4) is 11.5 Å². The molecule has 2 aliphatic carbocycles. The van der Waals surface area contributed by atoms with Gasteiger partial charge < -0.3 is 9.47 Å². The molecule has 0 radical (unpaired) electrons. The molecule has 3 aromatic rings. The molecule has 2 aliphatic rings. The maximum atomic E-state index is 13.0. The van der Waals surface area contributed by atoms with Gasteiger partial charge in [-0.1, -0.05) is 11.8 Å². The van der Waals surface area contributed by atoms with Gasteiger partial charge in [0.05, 0.1) is 25.5 Å². The molecular weight excluding hydrogens is 432 g/mol. The van der Waals surface area contributed by atoms with Gasteiger partial charge >= 0.3 is 5.69 Å². The number of fused-ring (bicyclic) bond motifs is 1. The van der Waals surface area contributed by atoms with Crippen molar-refractivity contribution < 1.29 is 14.3 Å². The highest BCUT2D eigenvalue weighted by atomic mass is 32.2. The highest BCUT2D eigenvalue weighted by Gasteiger charge is 2.32. The molecule has 0 unspecified atom stereocenters. The van der Waals surface area contributed by atoms with E-state index in [4.69, 9.17) is 9.47 Å². The molecule has 0 amide bonds. The fourth-order valence-electron chi connectivity index (χ4n) is 3.68. The first kappa shape index (κ1) is 20.7. The lowest BCUT2D eigenvalue weighted by molar-refractivity contribution is 0.101. The number of benzene rings is 1. The van der Waals surface area contributed by atoms with Crippen molar-refractivity contribution in [1.29, 1.82) is 0 Å². The molecule has 1 aromatic carbocycles. The van der Waals surface area contributed by atoms with Crippen molar-refractivity contribution in [1.82, 2.24) is 19.5 Å². The summed E-state index contributed by atoms with van der Waals surface area (Å²) in [6.45, 7) is 0. The number of carbonyl (C=O) groups is 1. The zero-order valence-electron chi connectivity index (χ0n) is 17.7. The smallest absolute Gasteiger partial charge is 0.330 e. The Kier molecular flexibility index (Phi) is 5.24. The Balaban J connectivity index is 1.55. The van der Waals surface area contributed by atoms with Gasteiger partial charge in [0.15, 0.2) is 11.4 Å². The van der Waals surface area contributed by atoms with Crippen LogP contribution in [-0.4, -0.2) is 45.3 Å². The minimum absolute atomic E-state index is 0.0434. The molecule has 2 aromatic heterocycles. The van der Waals surface area contributed by atoms with Crippen LogP contribution in [0.1, 0.15) is 53.8 Å². The molecule has 0 atom stereocenters. The molecule has 2 saturated carbocycles. The molecule has 0 bridgehead atoms. The first-order valence-corrected chi connectivity index (χ1v) is 11.4. The topological polar surface area (TPSA) is 116 Å². The summed E-state index contributed by atoms with van der Waals surface area (Å²) in [6, 6.07) is 5.08. The van der Waals surface area contributed by atoms with Crippen LogP contribution < -0.4 is 20.7 Å². The lowest BCUT2D eigenvalue weighted by Gasteiger charge is -2.12. The fourth-order valence-corrected chi connectivity index (χ4v) is 4.59. The second kappa shape index (κ2) is 8.09. The molecule has 2 heterocycles. The molecule has 32 heavy (non-hydrogen) atoms. The summed E-state index contributed by atoms with van der Waals surface area (Å²) in [5.74, 6) is 1.72. The summed E-state index contributed by atoms with van der Waals surface area (Å²) in [4.78, 5) is 49.9. The van der Waals surface area contributed by atoms with Crippen LogP contribution in [0.2, 0.25) is 0 Å². The quantitative estimate of drug-likeness (QED) is 0.314. The number of Topliss-reactive ketones (excluding diaryl/α,β-unsaturated/α-hetero) is 1. The number of aromatic amines is 1. The predicted octanol–water partition coefficient (Wildman–Crippen LogP) is 2.68. The van der Waals surface area contributed by atoms with Crippen molar-refractivity contribution in [2.24, 2.45) is 0 Å². The van der Waals surface area contributed by atoms with Crippen molar-refractivity contribution in [2.75, 3.05) is 20.0 Å². The minimum atomic E-state index is -0.529. The van der Waals surface area contributed by atoms with E-state index in [9.17, 15) is 14.4 Å². The molecule has 2 fully saturated rings. The number of hydrogen-bond donors (Lipinski definition) is 1. The van der Waals surface area contributed by atoms with Crippen molar-refractivity contribution >= 4 is 28.6 Å². The molecule has 166 valence electrons. The Morgan fingerprint density at radius 1 is 1.16 bits per heavy atom. The molecule has 0 saturated heterocycles. The number of methoxy groups -OCH3 is 2. The number of H-pyrrole nitrogens is 1. The van der Waals surface area contributed by atoms with Crippen LogP contribution in [0.3, 0.4) is 0 Å². The van der Waals surface area contributed by atoms with Crippen LogP contribution in [-0.2, 0) is 0 Å². The molecular formula is C22H22N4O5S. The number of rotatable bonds is 8. The van der Waals surface area contributed by atoms with Crippen molar-refractivity contribution in [3.05, 3.63) is 50.4 Å². The van der Waals surface area contributed by atoms with E-state index in [1.54, 1.807) is 22.8 Å². The van der Waals surface area contributed by atoms with E-state index in [0.29, 0.717) is 33.6 Å². The summed E-state index contributed by atoms with van der Waals surface area (Å²) in [5, 5.41) is 0.680. The summed E-state index contributed by atoms with van der Waals surface area (Å²) in [6.07, 6.45) is 3.71. The van der Waals surface area contributed by atoms with E-state index in [1.165, 1.54) is 26.0 Å².